The van der Waals surface area contributed by atoms with Crippen LogP contribution in [0, 0.1) is 5.82 Å². The Bertz CT molecular complexity index is 380. The van der Waals surface area contributed by atoms with E-state index in [4.69, 9.17) is 4.74 Å². The Morgan fingerprint density at radius 3 is 3.11 bits per heavy atom. The monoisotopic (exact) mass is 315 g/mol. The molecule has 1 aromatic carbocycles. The van der Waals surface area contributed by atoms with Gasteiger partial charge in [0.2, 0.25) is 0 Å². The van der Waals surface area contributed by atoms with Gasteiger partial charge < -0.3 is 10.1 Å². The molecule has 1 atom stereocenters. The van der Waals surface area contributed by atoms with Gasteiger partial charge in [0.05, 0.1) is 6.10 Å². The molecule has 1 N–H and O–H groups in total. The number of rotatable bonds is 6. The molecule has 1 aromatic rings. The Hall–Kier alpha value is -0.450. The van der Waals surface area contributed by atoms with Crippen LogP contribution in [0.3, 0.4) is 0 Å². The van der Waals surface area contributed by atoms with Gasteiger partial charge in [-0.2, -0.15) is 0 Å². The second-order valence-corrected chi connectivity index (χ2v) is 5.61. The first-order chi connectivity index (χ1) is 8.75. The summed E-state index contributed by atoms with van der Waals surface area (Å²) in [5, 5.41) is 3.28. The largest absolute Gasteiger partial charge is 0.378 e. The molecule has 0 bridgehead atoms. The molecule has 1 fully saturated rings. The summed E-state index contributed by atoms with van der Waals surface area (Å²) in [5.41, 5.74) is 0.710. The smallest absolute Gasteiger partial charge is 0.127 e. The molecule has 18 heavy (non-hydrogen) atoms. The Morgan fingerprint density at radius 1 is 1.44 bits per heavy atom. The molecule has 0 spiro atoms. The third-order valence-electron chi connectivity index (χ3n) is 3.23. The average Bonchev–Trinajstić information content (AvgIpc) is 2.86. The van der Waals surface area contributed by atoms with Crippen molar-refractivity contribution in [2.45, 2.75) is 38.3 Å². The molecular formula is C14H19BrFNO. The Morgan fingerprint density at radius 2 is 2.33 bits per heavy atom. The maximum absolute atomic E-state index is 13.4. The molecule has 4 heteroatoms. The lowest BCUT2D eigenvalue weighted by Gasteiger charge is -2.10. The van der Waals surface area contributed by atoms with Gasteiger partial charge in [-0.25, -0.2) is 4.39 Å². The normalized spacial score (nSPS) is 19.3. The zero-order valence-corrected chi connectivity index (χ0v) is 12.0. The molecule has 0 saturated carbocycles. The number of nitrogens with one attached hydrogen (secondary N) is 1. The van der Waals surface area contributed by atoms with Gasteiger partial charge in [0, 0.05) is 23.2 Å². The van der Waals surface area contributed by atoms with E-state index in [1.807, 2.05) is 6.07 Å². The molecule has 1 saturated heterocycles. The van der Waals surface area contributed by atoms with Crippen molar-refractivity contribution in [2.75, 3.05) is 13.2 Å². The van der Waals surface area contributed by atoms with E-state index in [9.17, 15) is 4.39 Å². The quantitative estimate of drug-likeness (QED) is 0.809. The minimum Gasteiger partial charge on any atom is -0.378 e. The van der Waals surface area contributed by atoms with Gasteiger partial charge in [0.1, 0.15) is 5.82 Å². The summed E-state index contributed by atoms with van der Waals surface area (Å²) in [7, 11) is 0. The molecule has 0 amide bonds. The van der Waals surface area contributed by atoms with E-state index in [-0.39, 0.29) is 5.82 Å². The van der Waals surface area contributed by atoms with E-state index in [2.05, 4.69) is 21.2 Å². The predicted octanol–water partition coefficient (Wildman–Crippen LogP) is 3.64. The molecule has 1 aliphatic heterocycles. The third-order valence-corrected chi connectivity index (χ3v) is 3.72. The van der Waals surface area contributed by atoms with Crippen LogP contribution in [-0.4, -0.2) is 19.3 Å². The van der Waals surface area contributed by atoms with Gasteiger partial charge in [0.15, 0.2) is 0 Å². The van der Waals surface area contributed by atoms with Crippen molar-refractivity contribution in [3.8, 4) is 0 Å². The molecular weight excluding hydrogens is 297 g/mol. The second-order valence-electron chi connectivity index (χ2n) is 4.69. The number of hydrogen-bond acceptors (Lipinski definition) is 2. The van der Waals surface area contributed by atoms with Crippen LogP contribution < -0.4 is 5.32 Å². The van der Waals surface area contributed by atoms with Gasteiger partial charge in [-0.15, -0.1) is 0 Å². The Balaban J connectivity index is 1.64. The maximum Gasteiger partial charge on any atom is 0.127 e. The number of halogens is 2. The van der Waals surface area contributed by atoms with Crippen molar-refractivity contribution in [1.82, 2.24) is 5.32 Å². The molecule has 0 aromatic heterocycles. The summed E-state index contributed by atoms with van der Waals surface area (Å²) >= 11 is 3.35. The minimum atomic E-state index is -0.148. The van der Waals surface area contributed by atoms with E-state index in [1.54, 1.807) is 6.07 Å². The van der Waals surface area contributed by atoms with Gasteiger partial charge in [-0.3, -0.25) is 0 Å². The van der Waals surface area contributed by atoms with Crippen LogP contribution in [0.5, 0.6) is 0 Å². The molecule has 0 radical (unpaired) electrons. The lowest BCUT2D eigenvalue weighted by molar-refractivity contribution is 0.102. The van der Waals surface area contributed by atoms with E-state index in [1.165, 1.54) is 18.9 Å². The van der Waals surface area contributed by atoms with Crippen molar-refractivity contribution in [1.29, 1.82) is 0 Å². The fourth-order valence-corrected chi connectivity index (χ4v) is 2.64. The van der Waals surface area contributed by atoms with Crippen molar-refractivity contribution in [3.05, 3.63) is 34.1 Å². The second kappa shape index (κ2) is 7.22. The summed E-state index contributed by atoms with van der Waals surface area (Å²) in [6.45, 7) is 2.41. The Kier molecular flexibility index (Phi) is 5.60. The highest BCUT2D eigenvalue weighted by molar-refractivity contribution is 9.10. The maximum atomic E-state index is 13.4. The van der Waals surface area contributed by atoms with Crippen molar-refractivity contribution in [2.24, 2.45) is 0 Å². The molecule has 1 unspecified atom stereocenters. The SMILES string of the molecule is Fc1ccc(Br)cc1CNCCCC1CCCO1. The van der Waals surface area contributed by atoms with E-state index >= 15 is 0 Å². The van der Waals surface area contributed by atoms with Crippen LogP contribution in [0.25, 0.3) is 0 Å². The fraction of sp³-hybridized carbons (Fsp3) is 0.571. The van der Waals surface area contributed by atoms with Crippen LogP contribution in [0.2, 0.25) is 0 Å². The molecule has 1 aliphatic rings. The summed E-state index contributed by atoms with van der Waals surface area (Å²) in [6, 6.07) is 5.03. The number of ether oxygens (including phenoxy) is 1. The predicted molar refractivity (Wildman–Crippen MR) is 74.0 cm³/mol. The average molecular weight is 316 g/mol. The molecule has 1 heterocycles. The zero-order chi connectivity index (χ0) is 12.8. The van der Waals surface area contributed by atoms with Gasteiger partial charge in [0.25, 0.3) is 0 Å². The molecule has 0 aliphatic carbocycles. The van der Waals surface area contributed by atoms with Crippen LogP contribution in [0.1, 0.15) is 31.2 Å². The first kappa shape index (κ1) is 14.0. The van der Waals surface area contributed by atoms with Crippen molar-refractivity contribution < 1.29 is 9.13 Å². The van der Waals surface area contributed by atoms with E-state index in [0.29, 0.717) is 18.2 Å². The highest BCUT2D eigenvalue weighted by atomic mass is 79.9. The van der Waals surface area contributed by atoms with Crippen LogP contribution in [0.15, 0.2) is 22.7 Å². The van der Waals surface area contributed by atoms with Crippen LogP contribution in [-0.2, 0) is 11.3 Å². The topological polar surface area (TPSA) is 21.3 Å². The first-order valence-electron chi connectivity index (χ1n) is 6.52. The first-order valence-corrected chi connectivity index (χ1v) is 7.31. The lowest BCUT2D eigenvalue weighted by atomic mass is 10.1. The third kappa shape index (κ3) is 4.34. The highest BCUT2D eigenvalue weighted by Crippen LogP contribution is 2.17. The van der Waals surface area contributed by atoms with E-state index < -0.39 is 0 Å². The van der Waals surface area contributed by atoms with Crippen molar-refractivity contribution in [3.63, 3.8) is 0 Å². The van der Waals surface area contributed by atoms with Crippen LogP contribution >= 0.6 is 15.9 Å². The molecule has 100 valence electrons. The standard InChI is InChI=1S/C14H19BrFNO/c15-12-5-6-14(16)11(9-12)10-17-7-1-3-13-4-2-8-18-13/h5-6,9,13,17H,1-4,7-8,10H2. The summed E-state index contributed by atoms with van der Waals surface area (Å²) in [6.07, 6.45) is 5.03. The highest BCUT2D eigenvalue weighted by Gasteiger charge is 2.14. The molecule has 2 nitrogen and oxygen atoms in total. The summed E-state index contributed by atoms with van der Waals surface area (Å²) < 4.78 is 19.9. The number of hydrogen-bond donors (Lipinski definition) is 1. The molecule has 2 rings (SSSR count). The summed E-state index contributed by atoms with van der Waals surface area (Å²) in [5.74, 6) is -0.148. The fourth-order valence-electron chi connectivity index (χ4n) is 2.23. The van der Waals surface area contributed by atoms with Crippen molar-refractivity contribution >= 4 is 15.9 Å². The van der Waals surface area contributed by atoms with E-state index in [0.717, 1.165) is 30.5 Å². The number of benzene rings is 1. The summed E-state index contributed by atoms with van der Waals surface area (Å²) in [4.78, 5) is 0. The lowest BCUT2D eigenvalue weighted by Crippen LogP contribution is -2.17. The van der Waals surface area contributed by atoms with Gasteiger partial charge in [-0.05, 0) is 50.4 Å². The van der Waals surface area contributed by atoms with Crippen LogP contribution in [0.4, 0.5) is 4.39 Å². The Labute approximate surface area is 116 Å². The van der Waals surface area contributed by atoms with Gasteiger partial charge >= 0.3 is 0 Å². The zero-order valence-electron chi connectivity index (χ0n) is 10.4. The van der Waals surface area contributed by atoms with Gasteiger partial charge in [-0.1, -0.05) is 15.9 Å². The minimum absolute atomic E-state index is 0.148.